The van der Waals surface area contributed by atoms with Crippen molar-refractivity contribution < 1.29 is 9.66 Å². The van der Waals surface area contributed by atoms with Crippen LogP contribution >= 0.6 is 23.2 Å². The van der Waals surface area contributed by atoms with Gasteiger partial charge in [0.2, 0.25) is 0 Å². The van der Waals surface area contributed by atoms with Crippen LogP contribution in [0.1, 0.15) is 5.56 Å². The summed E-state index contributed by atoms with van der Waals surface area (Å²) in [5, 5.41) is 14.3. The predicted octanol–water partition coefficient (Wildman–Crippen LogP) is 4.41. The zero-order chi connectivity index (χ0) is 15.4. The summed E-state index contributed by atoms with van der Waals surface area (Å²) in [7, 11) is 1.80. The number of rotatable bonds is 5. The molecule has 0 saturated carbocycles. The van der Waals surface area contributed by atoms with Crippen LogP contribution in [-0.4, -0.2) is 12.0 Å². The lowest BCUT2D eigenvalue weighted by Crippen LogP contribution is -2.07. The SMILES string of the molecule is CNCc1c(Cl)cccc1Oc1ccc([N+](=O)[O-])c(Cl)c1. The van der Waals surface area contributed by atoms with Crippen LogP contribution in [0.4, 0.5) is 5.69 Å². The summed E-state index contributed by atoms with van der Waals surface area (Å²) in [6, 6.07) is 9.51. The fourth-order valence-corrected chi connectivity index (χ4v) is 2.28. The van der Waals surface area contributed by atoms with Crippen molar-refractivity contribution in [3.8, 4) is 11.5 Å². The standard InChI is InChI=1S/C14H12Cl2N2O3/c1-17-8-10-11(15)3-2-4-14(10)21-9-5-6-13(18(19)20)12(16)7-9/h2-7,17H,8H2,1H3. The van der Waals surface area contributed by atoms with Gasteiger partial charge < -0.3 is 10.1 Å². The molecule has 0 aromatic heterocycles. The van der Waals surface area contributed by atoms with Gasteiger partial charge in [0.25, 0.3) is 5.69 Å². The quantitative estimate of drug-likeness (QED) is 0.652. The van der Waals surface area contributed by atoms with Crippen molar-refractivity contribution in [3.05, 3.63) is 62.1 Å². The van der Waals surface area contributed by atoms with Crippen molar-refractivity contribution in [2.24, 2.45) is 0 Å². The zero-order valence-corrected chi connectivity index (χ0v) is 12.6. The van der Waals surface area contributed by atoms with E-state index in [2.05, 4.69) is 5.32 Å². The monoisotopic (exact) mass is 326 g/mol. The highest BCUT2D eigenvalue weighted by Crippen LogP contribution is 2.34. The average Bonchev–Trinajstić information content (AvgIpc) is 2.42. The maximum atomic E-state index is 10.7. The molecule has 0 heterocycles. The number of nitro groups is 1. The molecule has 0 unspecified atom stereocenters. The number of hydrogen-bond donors (Lipinski definition) is 1. The first-order valence-corrected chi connectivity index (χ1v) is 6.82. The summed E-state index contributed by atoms with van der Waals surface area (Å²) in [4.78, 5) is 10.2. The molecule has 0 spiro atoms. The molecular weight excluding hydrogens is 315 g/mol. The van der Waals surface area contributed by atoms with Gasteiger partial charge in [-0.2, -0.15) is 0 Å². The van der Waals surface area contributed by atoms with Crippen LogP contribution < -0.4 is 10.1 Å². The molecule has 0 aliphatic heterocycles. The Bertz CT molecular complexity index is 677. The molecule has 2 rings (SSSR count). The third kappa shape index (κ3) is 3.64. The predicted molar refractivity (Wildman–Crippen MR) is 82.4 cm³/mol. The van der Waals surface area contributed by atoms with E-state index in [4.69, 9.17) is 27.9 Å². The van der Waals surface area contributed by atoms with Crippen molar-refractivity contribution in [2.75, 3.05) is 7.05 Å². The van der Waals surface area contributed by atoms with Gasteiger partial charge in [-0.15, -0.1) is 0 Å². The van der Waals surface area contributed by atoms with Gasteiger partial charge in [-0.05, 0) is 25.2 Å². The van der Waals surface area contributed by atoms with E-state index in [9.17, 15) is 10.1 Å². The van der Waals surface area contributed by atoms with Crippen LogP contribution in [0.25, 0.3) is 0 Å². The normalized spacial score (nSPS) is 10.4. The van der Waals surface area contributed by atoms with Gasteiger partial charge in [0.1, 0.15) is 16.5 Å². The molecule has 0 fully saturated rings. The van der Waals surface area contributed by atoms with E-state index in [-0.39, 0.29) is 10.7 Å². The lowest BCUT2D eigenvalue weighted by molar-refractivity contribution is -0.384. The highest BCUT2D eigenvalue weighted by molar-refractivity contribution is 6.32. The van der Waals surface area contributed by atoms with E-state index in [1.807, 2.05) is 0 Å². The maximum absolute atomic E-state index is 10.7. The molecule has 110 valence electrons. The topological polar surface area (TPSA) is 64.4 Å². The van der Waals surface area contributed by atoms with Crippen molar-refractivity contribution >= 4 is 28.9 Å². The molecule has 0 atom stereocenters. The van der Waals surface area contributed by atoms with Crippen LogP contribution in [0.5, 0.6) is 11.5 Å². The number of halogens is 2. The second-order valence-electron chi connectivity index (χ2n) is 4.22. The lowest BCUT2D eigenvalue weighted by atomic mass is 10.2. The Morgan fingerprint density at radius 3 is 2.62 bits per heavy atom. The van der Waals surface area contributed by atoms with Crippen LogP contribution in [-0.2, 0) is 6.54 Å². The Morgan fingerprint density at radius 2 is 2.00 bits per heavy atom. The van der Waals surface area contributed by atoms with E-state index in [0.717, 1.165) is 5.56 Å². The average molecular weight is 327 g/mol. The number of nitrogens with one attached hydrogen (secondary N) is 1. The molecular formula is C14H12Cl2N2O3. The van der Waals surface area contributed by atoms with Gasteiger partial charge >= 0.3 is 0 Å². The van der Waals surface area contributed by atoms with E-state index >= 15 is 0 Å². The Hall–Kier alpha value is -1.82. The lowest BCUT2D eigenvalue weighted by Gasteiger charge is -2.12. The molecule has 0 aliphatic rings. The summed E-state index contributed by atoms with van der Waals surface area (Å²) in [6.07, 6.45) is 0. The van der Waals surface area contributed by atoms with Crippen LogP contribution in [0, 0.1) is 10.1 Å². The van der Waals surface area contributed by atoms with Crippen molar-refractivity contribution in [3.63, 3.8) is 0 Å². The van der Waals surface area contributed by atoms with Gasteiger partial charge in [-0.1, -0.05) is 29.3 Å². The third-order valence-electron chi connectivity index (χ3n) is 2.77. The van der Waals surface area contributed by atoms with Gasteiger partial charge in [0.15, 0.2) is 0 Å². The van der Waals surface area contributed by atoms with E-state index in [1.54, 1.807) is 25.2 Å². The van der Waals surface area contributed by atoms with E-state index in [0.29, 0.717) is 23.1 Å². The summed E-state index contributed by atoms with van der Waals surface area (Å²) < 4.78 is 5.73. The molecule has 0 radical (unpaired) electrons. The molecule has 5 nitrogen and oxygen atoms in total. The Labute approximate surface area is 131 Å². The largest absolute Gasteiger partial charge is 0.457 e. The smallest absolute Gasteiger partial charge is 0.288 e. The Balaban J connectivity index is 2.32. The third-order valence-corrected chi connectivity index (χ3v) is 3.43. The Morgan fingerprint density at radius 1 is 1.24 bits per heavy atom. The molecule has 21 heavy (non-hydrogen) atoms. The van der Waals surface area contributed by atoms with Gasteiger partial charge in [0, 0.05) is 29.3 Å². The van der Waals surface area contributed by atoms with Crippen molar-refractivity contribution in [1.29, 1.82) is 0 Å². The maximum Gasteiger partial charge on any atom is 0.288 e. The first-order valence-electron chi connectivity index (χ1n) is 6.06. The van der Waals surface area contributed by atoms with E-state index in [1.165, 1.54) is 18.2 Å². The molecule has 0 aliphatic carbocycles. The number of hydrogen-bond acceptors (Lipinski definition) is 4. The fourth-order valence-electron chi connectivity index (χ4n) is 1.81. The fraction of sp³-hybridized carbons (Fsp3) is 0.143. The summed E-state index contributed by atoms with van der Waals surface area (Å²) in [5.41, 5.74) is 0.640. The van der Waals surface area contributed by atoms with Crippen molar-refractivity contribution in [2.45, 2.75) is 6.54 Å². The van der Waals surface area contributed by atoms with Gasteiger partial charge in [-0.25, -0.2) is 0 Å². The minimum atomic E-state index is -0.544. The second-order valence-corrected chi connectivity index (χ2v) is 5.03. The summed E-state index contributed by atoms with van der Waals surface area (Å²) in [6.45, 7) is 0.537. The first-order chi connectivity index (χ1) is 10.0. The zero-order valence-electron chi connectivity index (χ0n) is 11.1. The molecule has 2 aromatic carbocycles. The molecule has 0 amide bonds. The number of nitrogens with zero attached hydrogens (tertiary/aromatic N) is 1. The minimum absolute atomic E-state index is 0.0229. The first kappa shape index (κ1) is 15.6. The van der Waals surface area contributed by atoms with Crippen molar-refractivity contribution in [1.82, 2.24) is 5.32 Å². The van der Waals surface area contributed by atoms with Gasteiger partial charge in [-0.3, -0.25) is 10.1 Å². The summed E-state index contributed by atoms with van der Waals surface area (Å²) >= 11 is 12.0. The number of ether oxygens (including phenoxy) is 1. The minimum Gasteiger partial charge on any atom is -0.457 e. The highest BCUT2D eigenvalue weighted by atomic mass is 35.5. The Kier molecular flexibility index (Phi) is 5.01. The van der Waals surface area contributed by atoms with Crippen LogP contribution in [0.15, 0.2) is 36.4 Å². The highest BCUT2D eigenvalue weighted by Gasteiger charge is 2.14. The molecule has 2 aromatic rings. The molecule has 0 bridgehead atoms. The molecule has 7 heteroatoms. The molecule has 1 N–H and O–H groups in total. The van der Waals surface area contributed by atoms with Crippen LogP contribution in [0.2, 0.25) is 10.0 Å². The van der Waals surface area contributed by atoms with E-state index < -0.39 is 4.92 Å². The summed E-state index contributed by atoms with van der Waals surface area (Å²) in [5.74, 6) is 0.979. The second kappa shape index (κ2) is 6.76. The van der Waals surface area contributed by atoms with Gasteiger partial charge in [0.05, 0.1) is 4.92 Å². The van der Waals surface area contributed by atoms with Crippen LogP contribution in [0.3, 0.4) is 0 Å². The number of nitro benzene ring substituents is 1. The number of benzene rings is 2. The molecule has 0 saturated heterocycles.